The van der Waals surface area contributed by atoms with Crippen molar-refractivity contribution in [2.75, 3.05) is 7.11 Å². The summed E-state index contributed by atoms with van der Waals surface area (Å²) in [5.74, 6) is 0.239. The molecule has 0 atom stereocenters. The van der Waals surface area contributed by atoms with Crippen molar-refractivity contribution in [3.63, 3.8) is 0 Å². The molecule has 0 spiro atoms. The van der Waals surface area contributed by atoms with Crippen LogP contribution in [-0.4, -0.2) is 30.0 Å². The molecule has 0 aromatic heterocycles. The van der Waals surface area contributed by atoms with Gasteiger partial charge in [0, 0.05) is 24.8 Å². The molecule has 3 nitrogen and oxygen atoms in total. The number of hydrogen-bond donors (Lipinski definition) is 0. The van der Waals surface area contributed by atoms with Gasteiger partial charge in [0.15, 0.2) is 0 Å². The molecule has 22 heavy (non-hydrogen) atoms. The van der Waals surface area contributed by atoms with Crippen molar-refractivity contribution in [3.8, 4) is 0 Å². The lowest BCUT2D eigenvalue weighted by molar-refractivity contribution is 0.0580. The summed E-state index contributed by atoms with van der Waals surface area (Å²) in [7, 11) is 1.70. The van der Waals surface area contributed by atoms with Crippen molar-refractivity contribution >= 4 is 5.91 Å². The highest BCUT2D eigenvalue weighted by molar-refractivity contribution is 5.94. The topological polar surface area (TPSA) is 29.5 Å². The van der Waals surface area contributed by atoms with Crippen LogP contribution in [0.3, 0.4) is 0 Å². The second-order valence-corrected chi connectivity index (χ2v) is 6.72. The molecule has 0 unspecified atom stereocenters. The van der Waals surface area contributed by atoms with Gasteiger partial charge >= 0.3 is 0 Å². The van der Waals surface area contributed by atoms with Crippen LogP contribution in [0, 0.1) is 0 Å². The van der Waals surface area contributed by atoms with E-state index in [-0.39, 0.29) is 5.91 Å². The summed E-state index contributed by atoms with van der Waals surface area (Å²) >= 11 is 0. The molecule has 2 aliphatic carbocycles. The minimum atomic E-state index is 0.239. The fourth-order valence-electron chi connectivity index (χ4n) is 4.05. The molecule has 120 valence electrons. The van der Waals surface area contributed by atoms with Crippen molar-refractivity contribution in [2.24, 2.45) is 0 Å². The van der Waals surface area contributed by atoms with E-state index in [0.29, 0.717) is 18.7 Å². The van der Waals surface area contributed by atoms with E-state index in [1.165, 1.54) is 51.4 Å². The summed E-state index contributed by atoms with van der Waals surface area (Å²) < 4.78 is 5.14. The first kappa shape index (κ1) is 15.5. The van der Waals surface area contributed by atoms with Crippen molar-refractivity contribution in [3.05, 3.63) is 35.4 Å². The SMILES string of the molecule is COCc1ccc(C(=O)N(C2CCCC2)C2CCCC2)cc1. The Balaban J connectivity index is 1.78. The summed E-state index contributed by atoms with van der Waals surface area (Å²) in [6.45, 7) is 0.601. The first-order chi connectivity index (χ1) is 10.8. The second-order valence-electron chi connectivity index (χ2n) is 6.72. The van der Waals surface area contributed by atoms with Crippen molar-refractivity contribution in [1.82, 2.24) is 4.90 Å². The van der Waals surface area contributed by atoms with Crippen LogP contribution >= 0.6 is 0 Å². The fraction of sp³-hybridized carbons (Fsp3) is 0.632. The Morgan fingerprint density at radius 1 is 1.00 bits per heavy atom. The number of hydrogen-bond acceptors (Lipinski definition) is 2. The van der Waals surface area contributed by atoms with E-state index in [1.807, 2.05) is 24.3 Å². The summed E-state index contributed by atoms with van der Waals surface area (Å²) in [5.41, 5.74) is 1.95. The molecule has 0 aliphatic heterocycles. The van der Waals surface area contributed by atoms with Crippen LogP contribution in [0.25, 0.3) is 0 Å². The van der Waals surface area contributed by atoms with Gasteiger partial charge in [-0.25, -0.2) is 0 Å². The number of ether oxygens (including phenoxy) is 1. The van der Waals surface area contributed by atoms with Crippen LogP contribution in [0.15, 0.2) is 24.3 Å². The smallest absolute Gasteiger partial charge is 0.254 e. The Kier molecular flexibility index (Phi) is 5.14. The standard InChI is InChI=1S/C19H27NO2/c1-22-14-15-10-12-16(13-11-15)19(21)20(17-6-2-3-7-17)18-8-4-5-9-18/h10-13,17-18H,2-9,14H2,1H3. The highest BCUT2D eigenvalue weighted by Gasteiger charge is 2.34. The second kappa shape index (κ2) is 7.28. The average Bonchev–Trinajstić information content (AvgIpc) is 3.22. The highest BCUT2D eigenvalue weighted by atomic mass is 16.5. The molecule has 0 N–H and O–H groups in total. The van der Waals surface area contributed by atoms with Gasteiger partial charge in [-0.1, -0.05) is 37.8 Å². The zero-order valence-corrected chi connectivity index (χ0v) is 13.6. The van der Waals surface area contributed by atoms with Crippen LogP contribution in [0.2, 0.25) is 0 Å². The van der Waals surface area contributed by atoms with E-state index in [1.54, 1.807) is 7.11 Å². The molecule has 1 aromatic rings. The number of carbonyl (C=O) groups is 1. The van der Waals surface area contributed by atoms with Crippen LogP contribution < -0.4 is 0 Å². The first-order valence-corrected chi connectivity index (χ1v) is 8.70. The maximum absolute atomic E-state index is 13.1. The number of carbonyl (C=O) groups excluding carboxylic acids is 1. The predicted molar refractivity (Wildman–Crippen MR) is 87.8 cm³/mol. The summed E-state index contributed by atoms with van der Waals surface area (Å²) in [6, 6.07) is 8.89. The highest BCUT2D eigenvalue weighted by Crippen LogP contribution is 2.32. The zero-order valence-electron chi connectivity index (χ0n) is 13.6. The zero-order chi connectivity index (χ0) is 15.4. The van der Waals surface area contributed by atoms with Gasteiger partial charge in [-0.3, -0.25) is 4.79 Å². The number of amides is 1. The van der Waals surface area contributed by atoms with Gasteiger partial charge in [-0.05, 0) is 43.4 Å². The van der Waals surface area contributed by atoms with Gasteiger partial charge in [0.2, 0.25) is 0 Å². The Morgan fingerprint density at radius 3 is 1.95 bits per heavy atom. The molecule has 0 radical (unpaired) electrons. The van der Waals surface area contributed by atoms with Gasteiger partial charge < -0.3 is 9.64 Å². The molecule has 2 fully saturated rings. The molecule has 0 saturated heterocycles. The molecule has 0 bridgehead atoms. The minimum absolute atomic E-state index is 0.239. The number of benzene rings is 1. The third kappa shape index (κ3) is 3.35. The quantitative estimate of drug-likeness (QED) is 0.817. The third-order valence-corrected chi connectivity index (χ3v) is 5.18. The average molecular weight is 301 g/mol. The van der Waals surface area contributed by atoms with Crippen LogP contribution in [0.5, 0.6) is 0 Å². The molecular weight excluding hydrogens is 274 g/mol. The van der Waals surface area contributed by atoms with Gasteiger partial charge in [0.1, 0.15) is 0 Å². The van der Waals surface area contributed by atoms with Gasteiger partial charge in [-0.2, -0.15) is 0 Å². The van der Waals surface area contributed by atoms with E-state index in [0.717, 1.165) is 11.1 Å². The van der Waals surface area contributed by atoms with E-state index >= 15 is 0 Å². The fourth-order valence-corrected chi connectivity index (χ4v) is 4.05. The van der Waals surface area contributed by atoms with E-state index < -0.39 is 0 Å². The lowest BCUT2D eigenvalue weighted by Crippen LogP contribution is -2.45. The van der Waals surface area contributed by atoms with Crippen molar-refractivity contribution in [1.29, 1.82) is 0 Å². The lowest BCUT2D eigenvalue weighted by Gasteiger charge is -2.34. The molecule has 0 heterocycles. The third-order valence-electron chi connectivity index (χ3n) is 5.18. The molecule has 2 aliphatic rings. The van der Waals surface area contributed by atoms with Crippen LogP contribution in [0.4, 0.5) is 0 Å². The predicted octanol–water partition coefficient (Wildman–Crippen LogP) is 4.16. The van der Waals surface area contributed by atoms with Gasteiger partial charge in [-0.15, -0.1) is 0 Å². The molecule has 3 rings (SSSR count). The van der Waals surface area contributed by atoms with E-state index in [9.17, 15) is 4.79 Å². The largest absolute Gasteiger partial charge is 0.380 e. The number of nitrogens with zero attached hydrogens (tertiary/aromatic N) is 1. The normalized spacial score (nSPS) is 19.7. The Hall–Kier alpha value is -1.35. The Labute approximate surface area is 133 Å². The van der Waals surface area contributed by atoms with E-state index in [2.05, 4.69) is 4.90 Å². The lowest BCUT2D eigenvalue weighted by atomic mass is 10.0. The van der Waals surface area contributed by atoms with Gasteiger partial charge in [0.05, 0.1) is 6.61 Å². The summed E-state index contributed by atoms with van der Waals surface area (Å²) in [4.78, 5) is 15.3. The Bertz CT molecular complexity index is 469. The van der Waals surface area contributed by atoms with Crippen LogP contribution in [0.1, 0.15) is 67.3 Å². The molecule has 3 heteroatoms. The number of methoxy groups -OCH3 is 1. The van der Waals surface area contributed by atoms with Gasteiger partial charge in [0.25, 0.3) is 5.91 Å². The maximum Gasteiger partial charge on any atom is 0.254 e. The summed E-state index contributed by atoms with van der Waals surface area (Å²) in [5, 5.41) is 0. The van der Waals surface area contributed by atoms with Crippen LogP contribution in [-0.2, 0) is 11.3 Å². The summed E-state index contributed by atoms with van der Waals surface area (Å²) in [6.07, 6.45) is 9.83. The monoisotopic (exact) mass is 301 g/mol. The molecular formula is C19H27NO2. The molecule has 2 saturated carbocycles. The van der Waals surface area contributed by atoms with Crippen molar-refractivity contribution in [2.45, 2.75) is 70.1 Å². The maximum atomic E-state index is 13.1. The van der Waals surface area contributed by atoms with E-state index in [4.69, 9.17) is 4.74 Å². The molecule has 1 amide bonds. The minimum Gasteiger partial charge on any atom is -0.380 e. The molecule has 1 aromatic carbocycles. The first-order valence-electron chi connectivity index (χ1n) is 8.70. The Morgan fingerprint density at radius 2 is 1.50 bits per heavy atom. The number of rotatable bonds is 5. The van der Waals surface area contributed by atoms with Crippen molar-refractivity contribution < 1.29 is 9.53 Å².